The lowest BCUT2D eigenvalue weighted by Crippen LogP contribution is -2.39. The minimum absolute atomic E-state index is 0.602. The molecule has 0 radical (unpaired) electrons. The molecule has 1 aromatic carbocycles. The van der Waals surface area contributed by atoms with Crippen molar-refractivity contribution in [2.24, 2.45) is 0 Å². The smallest absolute Gasteiger partial charge is 0.107 e. The van der Waals surface area contributed by atoms with Crippen molar-refractivity contribution < 1.29 is 0 Å². The van der Waals surface area contributed by atoms with E-state index in [4.69, 9.17) is 11.6 Å². The van der Waals surface area contributed by atoms with Crippen molar-refractivity contribution in [2.75, 3.05) is 0 Å². The van der Waals surface area contributed by atoms with E-state index in [2.05, 4.69) is 29.4 Å². The normalized spacial score (nSPS) is 22.2. The molecule has 1 aliphatic rings. The van der Waals surface area contributed by atoms with Gasteiger partial charge in [-0.25, -0.2) is 4.98 Å². The van der Waals surface area contributed by atoms with E-state index in [1.54, 1.807) is 11.3 Å². The second kappa shape index (κ2) is 5.61. The number of hydrogen-bond donors (Lipinski definition) is 1. The molecule has 0 bridgehead atoms. The third kappa shape index (κ3) is 2.99. The molecule has 19 heavy (non-hydrogen) atoms. The number of benzene rings is 1. The molecule has 0 unspecified atom stereocenters. The Morgan fingerprint density at radius 3 is 2.84 bits per heavy atom. The number of halogens is 1. The van der Waals surface area contributed by atoms with Crippen LogP contribution in [0.4, 0.5) is 0 Å². The van der Waals surface area contributed by atoms with Crippen LogP contribution in [0.3, 0.4) is 0 Å². The highest BCUT2D eigenvalue weighted by atomic mass is 35.5. The molecule has 1 aliphatic carbocycles. The number of aryl methyl sites for hydroxylation is 1. The lowest BCUT2D eigenvalue weighted by molar-refractivity contribution is 0.289. The summed E-state index contributed by atoms with van der Waals surface area (Å²) in [5.74, 6) is 0.615. The summed E-state index contributed by atoms with van der Waals surface area (Å²) in [6.07, 6.45) is 4.29. The predicted octanol–water partition coefficient (Wildman–Crippen LogP) is 4.14. The maximum atomic E-state index is 6.23. The van der Waals surface area contributed by atoms with Crippen molar-refractivity contribution in [1.82, 2.24) is 10.3 Å². The van der Waals surface area contributed by atoms with E-state index >= 15 is 0 Å². The minimum atomic E-state index is 0.602. The topological polar surface area (TPSA) is 24.9 Å². The molecule has 1 saturated carbocycles. The molecule has 0 saturated heterocycles. The number of nitrogens with zero attached hydrogens (tertiary/aromatic N) is 1. The van der Waals surface area contributed by atoms with Gasteiger partial charge in [0.05, 0.1) is 0 Å². The Hall–Kier alpha value is -0.900. The predicted molar refractivity (Wildman–Crippen MR) is 80.9 cm³/mol. The van der Waals surface area contributed by atoms with Crippen LogP contribution in [-0.2, 0) is 6.54 Å². The highest BCUT2D eigenvalue weighted by Gasteiger charge is 2.31. The Morgan fingerprint density at radius 2 is 2.16 bits per heavy atom. The number of hydrogen-bond acceptors (Lipinski definition) is 3. The molecule has 0 amide bonds. The number of aromatic nitrogens is 1. The molecule has 100 valence electrons. The molecular formula is C15H17ClN2S. The number of rotatable bonds is 4. The lowest BCUT2D eigenvalue weighted by Gasteiger charge is -2.36. The van der Waals surface area contributed by atoms with Gasteiger partial charge in [0.1, 0.15) is 5.01 Å². The van der Waals surface area contributed by atoms with E-state index in [1.807, 2.05) is 18.3 Å². The van der Waals surface area contributed by atoms with Crippen LogP contribution in [0.5, 0.6) is 0 Å². The Morgan fingerprint density at radius 1 is 1.37 bits per heavy atom. The van der Waals surface area contributed by atoms with Gasteiger partial charge in [-0.3, -0.25) is 0 Å². The van der Waals surface area contributed by atoms with Crippen molar-refractivity contribution in [1.29, 1.82) is 0 Å². The van der Waals surface area contributed by atoms with Crippen LogP contribution in [0.15, 0.2) is 30.5 Å². The van der Waals surface area contributed by atoms with Gasteiger partial charge in [-0.1, -0.05) is 29.8 Å². The molecule has 1 heterocycles. The average Bonchev–Trinajstić information content (AvgIpc) is 2.75. The monoisotopic (exact) mass is 292 g/mol. The molecule has 2 nitrogen and oxygen atoms in total. The zero-order valence-electron chi connectivity index (χ0n) is 10.9. The first kappa shape index (κ1) is 13.1. The van der Waals surface area contributed by atoms with Crippen LogP contribution in [0, 0.1) is 6.92 Å². The second-order valence-electron chi connectivity index (χ2n) is 5.13. The van der Waals surface area contributed by atoms with Gasteiger partial charge in [-0.05, 0) is 37.3 Å². The van der Waals surface area contributed by atoms with Crippen LogP contribution < -0.4 is 5.32 Å². The molecule has 4 heteroatoms. The van der Waals surface area contributed by atoms with Gasteiger partial charge in [0.25, 0.3) is 0 Å². The lowest BCUT2D eigenvalue weighted by atomic mass is 9.76. The third-order valence-electron chi connectivity index (χ3n) is 3.69. The molecule has 3 rings (SSSR count). The summed E-state index contributed by atoms with van der Waals surface area (Å²) in [5.41, 5.74) is 1.30. The molecule has 0 atom stereocenters. The van der Waals surface area contributed by atoms with E-state index in [-0.39, 0.29) is 0 Å². The summed E-state index contributed by atoms with van der Waals surface area (Å²) in [4.78, 5) is 5.65. The maximum Gasteiger partial charge on any atom is 0.107 e. The van der Waals surface area contributed by atoms with Crippen molar-refractivity contribution in [3.63, 3.8) is 0 Å². The first-order chi connectivity index (χ1) is 9.22. The summed E-state index contributed by atoms with van der Waals surface area (Å²) in [6, 6.07) is 8.79. The Labute approximate surface area is 122 Å². The van der Waals surface area contributed by atoms with E-state index in [0.717, 1.165) is 11.6 Å². The van der Waals surface area contributed by atoms with Crippen LogP contribution in [0.25, 0.3) is 0 Å². The fraction of sp³-hybridized carbons (Fsp3) is 0.400. The number of thiazole rings is 1. The molecular weight excluding hydrogens is 276 g/mol. The van der Waals surface area contributed by atoms with E-state index < -0.39 is 0 Å². The Bertz CT molecular complexity index is 561. The molecule has 1 aromatic heterocycles. The standard InChI is InChI=1S/C15H17ClN2S/c1-10-8-18-15(19-10)9-17-12-6-11(7-12)13-4-2-3-5-14(13)16/h2-5,8,11-12,17H,6-7,9H2,1H3. The summed E-state index contributed by atoms with van der Waals surface area (Å²) >= 11 is 8.00. The van der Waals surface area contributed by atoms with Crippen LogP contribution in [0.1, 0.15) is 34.2 Å². The second-order valence-corrected chi connectivity index (χ2v) is 6.86. The van der Waals surface area contributed by atoms with Crippen LogP contribution in [0.2, 0.25) is 5.02 Å². The minimum Gasteiger partial charge on any atom is -0.308 e. The summed E-state index contributed by atoms with van der Waals surface area (Å²) in [5, 5.41) is 5.66. The molecule has 0 spiro atoms. The summed E-state index contributed by atoms with van der Waals surface area (Å²) in [6.45, 7) is 2.98. The van der Waals surface area contributed by atoms with Gasteiger partial charge in [-0.15, -0.1) is 11.3 Å². The maximum absolute atomic E-state index is 6.23. The van der Waals surface area contributed by atoms with Gasteiger partial charge < -0.3 is 5.32 Å². The van der Waals surface area contributed by atoms with Gasteiger partial charge >= 0.3 is 0 Å². The first-order valence-electron chi connectivity index (χ1n) is 6.61. The zero-order chi connectivity index (χ0) is 13.2. The average molecular weight is 293 g/mol. The Balaban J connectivity index is 1.49. The Kier molecular flexibility index (Phi) is 3.87. The van der Waals surface area contributed by atoms with Gasteiger partial charge in [0.15, 0.2) is 0 Å². The van der Waals surface area contributed by atoms with Crippen molar-refractivity contribution in [3.8, 4) is 0 Å². The molecule has 1 N–H and O–H groups in total. The molecule has 1 fully saturated rings. The third-order valence-corrected chi connectivity index (χ3v) is 4.95. The SMILES string of the molecule is Cc1cnc(CNC2CC(c3ccccc3Cl)C2)s1. The van der Waals surface area contributed by atoms with E-state index in [0.29, 0.717) is 12.0 Å². The van der Waals surface area contributed by atoms with Crippen LogP contribution >= 0.6 is 22.9 Å². The van der Waals surface area contributed by atoms with Gasteiger partial charge in [-0.2, -0.15) is 0 Å². The van der Waals surface area contributed by atoms with Crippen molar-refractivity contribution in [3.05, 3.63) is 50.9 Å². The van der Waals surface area contributed by atoms with Crippen LogP contribution in [-0.4, -0.2) is 11.0 Å². The molecule has 0 aliphatic heterocycles. The fourth-order valence-corrected chi connectivity index (χ4v) is 3.59. The van der Waals surface area contributed by atoms with Gasteiger partial charge in [0.2, 0.25) is 0 Å². The largest absolute Gasteiger partial charge is 0.308 e. The molecule has 2 aromatic rings. The number of nitrogens with one attached hydrogen (secondary N) is 1. The summed E-state index contributed by atoms with van der Waals surface area (Å²) < 4.78 is 0. The van der Waals surface area contributed by atoms with Gasteiger partial charge in [0, 0.05) is 28.7 Å². The fourth-order valence-electron chi connectivity index (χ4n) is 2.56. The summed E-state index contributed by atoms with van der Waals surface area (Å²) in [7, 11) is 0. The quantitative estimate of drug-likeness (QED) is 0.916. The first-order valence-corrected chi connectivity index (χ1v) is 7.81. The van der Waals surface area contributed by atoms with E-state index in [1.165, 1.54) is 28.3 Å². The highest BCUT2D eigenvalue weighted by molar-refractivity contribution is 7.11. The highest BCUT2D eigenvalue weighted by Crippen LogP contribution is 2.39. The van der Waals surface area contributed by atoms with Crippen molar-refractivity contribution >= 4 is 22.9 Å². The van der Waals surface area contributed by atoms with Crippen molar-refractivity contribution in [2.45, 2.75) is 38.3 Å². The zero-order valence-corrected chi connectivity index (χ0v) is 12.5. The van der Waals surface area contributed by atoms with E-state index in [9.17, 15) is 0 Å².